The number of nitrogens with one attached hydrogen (secondary N) is 1. The maximum atomic E-state index is 13.1. The Bertz CT molecular complexity index is 495. The van der Waals surface area contributed by atoms with Crippen molar-refractivity contribution in [3.8, 4) is 0 Å². The molecule has 0 unspecified atom stereocenters. The number of methoxy groups -OCH3 is 1. The molecule has 3 atom stereocenters. The van der Waals surface area contributed by atoms with Crippen molar-refractivity contribution in [1.29, 1.82) is 0 Å². The predicted molar refractivity (Wildman–Crippen MR) is 75.9 cm³/mol. The molecule has 0 saturated carbocycles. The Morgan fingerprint density at radius 2 is 1.96 bits per heavy atom. The van der Waals surface area contributed by atoms with Crippen molar-refractivity contribution >= 4 is 18.0 Å². The minimum absolute atomic E-state index is 0.0507. The first kappa shape index (κ1) is 20.2. The van der Waals surface area contributed by atoms with Gasteiger partial charge in [-0.1, -0.05) is 13.8 Å². The molecule has 1 heterocycles. The first-order valence-corrected chi connectivity index (χ1v) is 7.38. The first-order chi connectivity index (χ1) is 11.0. The van der Waals surface area contributed by atoms with Crippen molar-refractivity contribution in [3.05, 3.63) is 0 Å². The highest BCUT2D eigenvalue weighted by Gasteiger charge is 2.46. The lowest BCUT2D eigenvalue weighted by Crippen LogP contribution is -2.53. The van der Waals surface area contributed by atoms with Crippen molar-refractivity contribution in [1.82, 2.24) is 10.2 Å². The van der Waals surface area contributed by atoms with Gasteiger partial charge in [-0.3, -0.25) is 14.9 Å². The summed E-state index contributed by atoms with van der Waals surface area (Å²) in [5, 5.41) is 2.02. The van der Waals surface area contributed by atoms with Gasteiger partial charge in [-0.15, -0.1) is 0 Å². The number of ether oxygens (including phenoxy) is 2. The summed E-state index contributed by atoms with van der Waals surface area (Å²) in [5.41, 5.74) is 0. The molecule has 0 radical (unpaired) electrons. The summed E-state index contributed by atoms with van der Waals surface area (Å²) >= 11 is 0. The van der Waals surface area contributed by atoms with Gasteiger partial charge in [0.1, 0.15) is 18.7 Å². The van der Waals surface area contributed by atoms with Crippen LogP contribution in [0.25, 0.3) is 0 Å². The molecule has 1 N–H and O–H groups in total. The quantitative estimate of drug-likeness (QED) is 0.727. The Hall–Kier alpha value is -1.84. The number of imide groups is 1. The summed E-state index contributed by atoms with van der Waals surface area (Å²) in [7, 11) is 1.04. The molecule has 1 rings (SSSR count). The number of alkyl halides is 3. The van der Waals surface area contributed by atoms with Gasteiger partial charge in [-0.25, -0.2) is 9.69 Å². The van der Waals surface area contributed by atoms with Gasteiger partial charge in [0.05, 0.1) is 19.6 Å². The van der Waals surface area contributed by atoms with E-state index in [0.29, 0.717) is 4.90 Å². The van der Waals surface area contributed by atoms with Gasteiger partial charge in [0, 0.05) is 0 Å². The van der Waals surface area contributed by atoms with E-state index in [2.05, 4.69) is 4.74 Å². The number of hydrogen-bond donors (Lipinski definition) is 1. The van der Waals surface area contributed by atoms with E-state index in [1.165, 1.54) is 6.92 Å². The highest BCUT2D eigenvalue weighted by Crippen LogP contribution is 2.26. The summed E-state index contributed by atoms with van der Waals surface area (Å²) in [6.45, 7) is 4.60. The zero-order valence-electron chi connectivity index (χ0n) is 13.8. The van der Waals surface area contributed by atoms with E-state index in [4.69, 9.17) is 4.74 Å². The van der Waals surface area contributed by atoms with Crippen molar-refractivity contribution in [2.45, 2.75) is 51.5 Å². The molecule has 1 saturated heterocycles. The van der Waals surface area contributed by atoms with Gasteiger partial charge in [0.15, 0.2) is 0 Å². The molecule has 2 amide bonds. The van der Waals surface area contributed by atoms with Crippen LogP contribution in [0, 0.1) is 5.92 Å². The minimum Gasteiger partial charge on any atom is -0.468 e. The standard InChI is InChI=1S/C14H21F3N2O5/c1-7(2)9-6-24-13(22)19(9)11(20)5-10(14(15,16)17)18-8(3)12(21)23-4/h7-10,18H,5-6H2,1-4H3/t8-,9+,10-/m0/s1. The molecule has 24 heavy (non-hydrogen) atoms. The summed E-state index contributed by atoms with van der Waals surface area (Å²) in [6.07, 6.45) is -6.77. The molecule has 1 aliphatic heterocycles. The Labute approximate surface area is 137 Å². The lowest BCUT2D eigenvalue weighted by Gasteiger charge is -2.27. The lowest BCUT2D eigenvalue weighted by atomic mass is 10.0. The van der Waals surface area contributed by atoms with E-state index in [1.54, 1.807) is 13.8 Å². The SMILES string of the molecule is COC(=O)[C@H](C)N[C@@H](CC(=O)N1C(=O)OC[C@@H]1C(C)C)C(F)(F)F. The van der Waals surface area contributed by atoms with E-state index in [9.17, 15) is 27.6 Å². The molecule has 0 aromatic rings. The molecule has 0 spiro atoms. The van der Waals surface area contributed by atoms with Gasteiger partial charge in [0.2, 0.25) is 5.91 Å². The van der Waals surface area contributed by atoms with Crippen LogP contribution in [0.15, 0.2) is 0 Å². The van der Waals surface area contributed by atoms with Gasteiger partial charge in [-0.2, -0.15) is 13.2 Å². The monoisotopic (exact) mass is 354 g/mol. The number of carbonyl (C=O) groups excluding carboxylic acids is 3. The fourth-order valence-electron chi connectivity index (χ4n) is 2.30. The van der Waals surface area contributed by atoms with Crippen LogP contribution in [0.3, 0.4) is 0 Å². The van der Waals surface area contributed by atoms with E-state index >= 15 is 0 Å². The molecule has 7 nitrogen and oxygen atoms in total. The zero-order chi connectivity index (χ0) is 18.7. The van der Waals surface area contributed by atoms with Gasteiger partial charge >= 0.3 is 18.2 Å². The number of halogens is 3. The fraction of sp³-hybridized carbons (Fsp3) is 0.786. The highest BCUT2D eigenvalue weighted by atomic mass is 19.4. The number of rotatable bonds is 6. The van der Waals surface area contributed by atoms with Gasteiger partial charge < -0.3 is 9.47 Å². The number of hydrogen-bond acceptors (Lipinski definition) is 6. The molecule has 1 aliphatic rings. The maximum Gasteiger partial charge on any atom is 0.416 e. The van der Waals surface area contributed by atoms with Crippen molar-refractivity contribution in [2.75, 3.05) is 13.7 Å². The average Bonchev–Trinajstić information content (AvgIpc) is 2.86. The van der Waals surface area contributed by atoms with E-state index < -0.39 is 48.7 Å². The Kier molecular flexibility index (Phi) is 6.58. The van der Waals surface area contributed by atoms with Crippen LogP contribution in [-0.4, -0.2) is 60.9 Å². The maximum absolute atomic E-state index is 13.1. The molecular weight excluding hydrogens is 333 g/mol. The summed E-state index contributed by atoms with van der Waals surface area (Å²) < 4.78 is 48.6. The lowest BCUT2D eigenvalue weighted by molar-refractivity contribution is -0.168. The Balaban J connectivity index is 2.88. The second-order valence-corrected chi connectivity index (χ2v) is 5.86. The zero-order valence-corrected chi connectivity index (χ0v) is 13.8. The van der Waals surface area contributed by atoms with Crippen LogP contribution < -0.4 is 5.32 Å². The second-order valence-electron chi connectivity index (χ2n) is 5.86. The molecule has 1 fully saturated rings. The summed E-state index contributed by atoms with van der Waals surface area (Å²) in [5.74, 6) is -2.06. The van der Waals surface area contributed by atoms with Crippen LogP contribution in [-0.2, 0) is 19.1 Å². The molecule has 0 aromatic heterocycles. The molecule has 0 aromatic carbocycles. The third kappa shape index (κ3) is 4.83. The van der Waals surface area contributed by atoms with E-state index in [0.717, 1.165) is 7.11 Å². The van der Waals surface area contributed by atoms with Gasteiger partial charge in [0.25, 0.3) is 0 Å². The summed E-state index contributed by atoms with van der Waals surface area (Å²) in [4.78, 5) is 35.9. The molecule has 0 bridgehead atoms. The number of cyclic esters (lactones) is 1. The number of nitrogens with zero attached hydrogens (tertiary/aromatic N) is 1. The van der Waals surface area contributed by atoms with Gasteiger partial charge in [-0.05, 0) is 12.8 Å². The van der Waals surface area contributed by atoms with Crippen molar-refractivity contribution < 1.29 is 37.0 Å². The molecule has 0 aliphatic carbocycles. The number of carbonyl (C=O) groups is 3. The topological polar surface area (TPSA) is 84.9 Å². The van der Waals surface area contributed by atoms with Crippen molar-refractivity contribution in [3.63, 3.8) is 0 Å². The third-order valence-corrected chi connectivity index (χ3v) is 3.72. The minimum atomic E-state index is -4.78. The largest absolute Gasteiger partial charge is 0.468 e. The molecular formula is C14H21F3N2O5. The number of amides is 2. The van der Waals surface area contributed by atoms with Crippen LogP contribution in [0.5, 0.6) is 0 Å². The molecule has 138 valence electrons. The molecule has 10 heteroatoms. The third-order valence-electron chi connectivity index (χ3n) is 3.72. The predicted octanol–water partition coefficient (Wildman–Crippen LogP) is 1.46. The summed E-state index contributed by atoms with van der Waals surface area (Å²) in [6, 6.07) is -4.17. The van der Waals surface area contributed by atoms with Crippen LogP contribution in [0.1, 0.15) is 27.2 Å². The Morgan fingerprint density at radius 1 is 1.38 bits per heavy atom. The second kappa shape index (κ2) is 7.82. The average molecular weight is 354 g/mol. The van der Waals surface area contributed by atoms with Crippen LogP contribution in [0.2, 0.25) is 0 Å². The fourth-order valence-corrected chi connectivity index (χ4v) is 2.30. The highest BCUT2D eigenvalue weighted by molar-refractivity contribution is 5.94. The number of esters is 1. The van der Waals surface area contributed by atoms with Crippen LogP contribution >= 0.6 is 0 Å². The normalized spacial score (nSPS) is 20.8. The van der Waals surface area contributed by atoms with Crippen molar-refractivity contribution in [2.24, 2.45) is 5.92 Å². The first-order valence-electron chi connectivity index (χ1n) is 7.38. The van der Waals surface area contributed by atoms with Crippen LogP contribution in [0.4, 0.5) is 18.0 Å². The van der Waals surface area contributed by atoms with E-state index in [-0.39, 0.29) is 12.5 Å². The smallest absolute Gasteiger partial charge is 0.416 e. The van der Waals surface area contributed by atoms with E-state index in [1.807, 2.05) is 5.32 Å². The Morgan fingerprint density at radius 3 is 2.42 bits per heavy atom.